The van der Waals surface area contributed by atoms with Crippen molar-refractivity contribution in [1.29, 1.82) is 0 Å². The third-order valence-electron chi connectivity index (χ3n) is 2.81. The number of amides is 1. The van der Waals surface area contributed by atoms with Gasteiger partial charge in [0, 0.05) is 5.69 Å². The number of hydrogen-bond donors (Lipinski definition) is 2. The number of nitrogens with one attached hydrogen (secondary N) is 1. The molecule has 132 valence electrons. The van der Waals surface area contributed by atoms with E-state index in [0.29, 0.717) is 11.3 Å². The van der Waals surface area contributed by atoms with E-state index in [4.69, 9.17) is 10.6 Å². The van der Waals surface area contributed by atoms with Gasteiger partial charge in [-0.25, -0.2) is 4.79 Å². The molecule has 25 heavy (non-hydrogen) atoms. The normalized spacial score (nSPS) is 10.5. The van der Waals surface area contributed by atoms with Crippen LogP contribution in [-0.4, -0.2) is 38.6 Å². The fourth-order valence-electron chi connectivity index (χ4n) is 1.76. The highest BCUT2D eigenvalue weighted by atomic mass is 32.2. The number of thioether (sulfide) groups is 1. The van der Waals surface area contributed by atoms with Gasteiger partial charge in [-0.1, -0.05) is 17.8 Å². The highest BCUT2D eigenvalue weighted by molar-refractivity contribution is 7.99. The Labute approximate surface area is 147 Å². The summed E-state index contributed by atoms with van der Waals surface area (Å²) < 4.78 is 5.92. The van der Waals surface area contributed by atoms with Crippen molar-refractivity contribution < 1.29 is 14.3 Å². The molecule has 0 radical (unpaired) electrons. The summed E-state index contributed by atoms with van der Waals surface area (Å²) in [5.41, 5.74) is 0.270. The van der Waals surface area contributed by atoms with Crippen LogP contribution in [0, 0.1) is 0 Å². The molecule has 3 N–H and O–H groups in total. The van der Waals surface area contributed by atoms with Crippen LogP contribution >= 0.6 is 11.8 Å². The smallest absolute Gasteiger partial charge is 0.338 e. The number of nitrogen functional groups attached to an aromatic ring is 1. The molecule has 1 aromatic heterocycles. The number of nitrogens with two attached hydrogens (primary N) is 1. The van der Waals surface area contributed by atoms with Gasteiger partial charge in [0.25, 0.3) is 5.56 Å². The summed E-state index contributed by atoms with van der Waals surface area (Å²) >= 11 is 0.968. The number of ether oxygens (including phenoxy) is 1. The first-order valence-electron chi connectivity index (χ1n) is 7.30. The van der Waals surface area contributed by atoms with Gasteiger partial charge in [-0.3, -0.25) is 9.59 Å². The largest absolute Gasteiger partial charge is 0.459 e. The number of benzene rings is 1. The minimum Gasteiger partial charge on any atom is -0.459 e. The highest BCUT2D eigenvalue weighted by Crippen LogP contribution is 2.15. The fraction of sp³-hybridized carbons (Fsp3) is 0.267. The number of rotatable bonds is 6. The summed E-state index contributed by atoms with van der Waals surface area (Å²) in [4.78, 5) is 35.2. The molecule has 1 amide bonds. The Morgan fingerprint density at radius 3 is 2.88 bits per heavy atom. The van der Waals surface area contributed by atoms with Gasteiger partial charge in [-0.05, 0) is 32.0 Å². The van der Waals surface area contributed by atoms with Crippen LogP contribution in [0.5, 0.6) is 0 Å². The lowest BCUT2D eigenvalue weighted by Crippen LogP contribution is -2.30. The van der Waals surface area contributed by atoms with Crippen LogP contribution in [0.3, 0.4) is 0 Å². The first kappa shape index (κ1) is 18.5. The van der Waals surface area contributed by atoms with Crippen molar-refractivity contribution in [2.75, 3.05) is 16.9 Å². The summed E-state index contributed by atoms with van der Waals surface area (Å²) in [6.07, 6.45) is 0.745. The first-order valence-corrected chi connectivity index (χ1v) is 8.29. The molecule has 0 aliphatic heterocycles. The Kier molecular flexibility index (Phi) is 6.12. The van der Waals surface area contributed by atoms with Gasteiger partial charge in [0.05, 0.1) is 17.4 Å². The molecule has 0 aliphatic rings. The number of carbonyl (C=O) groups is 2. The van der Waals surface area contributed by atoms with Gasteiger partial charge in [0.15, 0.2) is 0 Å². The van der Waals surface area contributed by atoms with Gasteiger partial charge in [0.1, 0.15) is 6.20 Å². The van der Waals surface area contributed by atoms with E-state index in [-0.39, 0.29) is 22.9 Å². The standard InChI is InChI=1S/C15H17N5O4S/c1-9(2)24-14(23)10-4-3-5-11(6-10)18-12(21)8-25-15-19-17-7-13(22)20(15)16/h3-7,9H,8,16H2,1-2H3,(H,18,21). The van der Waals surface area contributed by atoms with Gasteiger partial charge < -0.3 is 15.9 Å². The second-order valence-electron chi connectivity index (χ2n) is 5.21. The Balaban J connectivity index is 1.97. The van der Waals surface area contributed by atoms with Crippen molar-refractivity contribution in [1.82, 2.24) is 14.9 Å². The van der Waals surface area contributed by atoms with E-state index in [1.165, 1.54) is 6.07 Å². The highest BCUT2D eigenvalue weighted by Gasteiger charge is 2.12. The van der Waals surface area contributed by atoms with Crippen LogP contribution in [-0.2, 0) is 9.53 Å². The van der Waals surface area contributed by atoms with Crippen LogP contribution in [0.1, 0.15) is 24.2 Å². The van der Waals surface area contributed by atoms with Crippen molar-refractivity contribution in [2.24, 2.45) is 0 Å². The molecule has 0 saturated heterocycles. The second kappa shape index (κ2) is 8.29. The maximum absolute atomic E-state index is 12.0. The lowest BCUT2D eigenvalue weighted by atomic mass is 10.2. The predicted octanol–water partition coefficient (Wildman–Crippen LogP) is 0.648. The Morgan fingerprint density at radius 1 is 1.40 bits per heavy atom. The molecule has 0 spiro atoms. The quantitative estimate of drug-likeness (QED) is 0.435. The summed E-state index contributed by atoms with van der Waals surface area (Å²) in [7, 11) is 0. The molecule has 0 unspecified atom stereocenters. The van der Waals surface area contributed by atoms with Gasteiger partial charge in [0.2, 0.25) is 11.1 Å². The van der Waals surface area contributed by atoms with E-state index >= 15 is 0 Å². The maximum atomic E-state index is 12.0. The van der Waals surface area contributed by atoms with Crippen LogP contribution in [0.4, 0.5) is 5.69 Å². The van der Waals surface area contributed by atoms with Crippen LogP contribution < -0.4 is 16.7 Å². The summed E-state index contributed by atoms with van der Waals surface area (Å²) in [5, 5.41) is 9.96. The van der Waals surface area contributed by atoms with Gasteiger partial charge in [-0.15, -0.1) is 5.10 Å². The number of esters is 1. The number of aromatic nitrogens is 3. The summed E-state index contributed by atoms with van der Waals surface area (Å²) in [5.74, 6) is 4.67. The van der Waals surface area contributed by atoms with Crippen LogP contribution in [0.2, 0.25) is 0 Å². The van der Waals surface area contributed by atoms with Crippen molar-refractivity contribution >= 4 is 29.3 Å². The average molecular weight is 363 g/mol. The minimum absolute atomic E-state index is 0.0317. The van der Waals surface area contributed by atoms with Crippen LogP contribution in [0.15, 0.2) is 40.4 Å². The third-order valence-corrected chi connectivity index (χ3v) is 3.76. The molecule has 1 aromatic carbocycles. The zero-order valence-corrected chi connectivity index (χ0v) is 14.4. The SMILES string of the molecule is CC(C)OC(=O)c1cccc(NC(=O)CSc2nncc(=O)n2N)c1. The van der Waals surface area contributed by atoms with Gasteiger partial charge in [-0.2, -0.15) is 9.77 Å². The molecular weight excluding hydrogens is 346 g/mol. The average Bonchev–Trinajstić information content (AvgIpc) is 2.56. The molecule has 0 atom stereocenters. The van der Waals surface area contributed by atoms with E-state index in [1.807, 2.05) is 0 Å². The maximum Gasteiger partial charge on any atom is 0.338 e. The summed E-state index contributed by atoms with van der Waals surface area (Å²) in [6, 6.07) is 6.41. The molecular formula is C15H17N5O4S. The van der Waals surface area contributed by atoms with Crippen molar-refractivity contribution in [3.8, 4) is 0 Å². The molecule has 1 heterocycles. The first-order chi connectivity index (χ1) is 11.9. The topological polar surface area (TPSA) is 129 Å². The van der Waals surface area contributed by atoms with E-state index in [1.54, 1.807) is 32.0 Å². The second-order valence-corrected chi connectivity index (χ2v) is 6.15. The minimum atomic E-state index is -0.519. The number of carbonyl (C=O) groups excluding carboxylic acids is 2. The lowest BCUT2D eigenvalue weighted by Gasteiger charge is -2.10. The zero-order valence-electron chi connectivity index (χ0n) is 13.6. The van der Waals surface area contributed by atoms with Crippen molar-refractivity contribution in [2.45, 2.75) is 25.1 Å². The lowest BCUT2D eigenvalue weighted by molar-refractivity contribution is -0.113. The number of nitrogens with zero attached hydrogens (tertiary/aromatic N) is 3. The Bertz CT molecular complexity index is 837. The summed E-state index contributed by atoms with van der Waals surface area (Å²) in [6.45, 7) is 3.51. The molecule has 2 rings (SSSR count). The Morgan fingerprint density at radius 2 is 2.16 bits per heavy atom. The van der Waals surface area contributed by atoms with E-state index < -0.39 is 11.5 Å². The van der Waals surface area contributed by atoms with E-state index in [0.717, 1.165) is 22.6 Å². The van der Waals surface area contributed by atoms with Gasteiger partial charge >= 0.3 is 5.97 Å². The fourth-order valence-corrected chi connectivity index (χ4v) is 2.43. The Hall–Kier alpha value is -2.88. The molecule has 10 heteroatoms. The predicted molar refractivity (Wildman–Crippen MR) is 92.8 cm³/mol. The van der Waals surface area contributed by atoms with Crippen LogP contribution in [0.25, 0.3) is 0 Å². The molecule has 0 bridgehead atoms. The number of hydrogen-bond acceptors (Lipinski definition) is 8. The monoisotopic (exact) mass is 363 g/mol. The molecule has 0 saturated carbocycles. The third kappa shape index (κ3) is 5.31. The molecule has 0 aliphatic carbocycles. The molecule has 0 fully saturated rings. The number of anilines is 1. The van der Waals surface area contributed by atoms with Crippen molar-refractivity contribution in [3.05, 3.63) is 46.4 Å². The molecule has 9 nitrogen and oxygen atoms in total. The van der Waals surface area contributed by atoms with Crippen molar-refractivity contribution in [3.63, 3.8) is 0 Å². The van der Waals surface area contributed by atoms with E-state index in [9.17, 15) is 14.4 Å². The zero-order chi connectivity index (χ0) is 18.4. The van der Waals surface area contributed by atoms with E-state index in [2.05, 4.69) is 15.5 Å². The molecule has 2 aromatic rings.